The summed E-state index contributed by atoms with van der Waals surface area (Å²) in [4.78, 5) is 11.0. The molecule has 1 saturated heterocycles. The number of fused-ring (bicyclic) bond motifs is 4. The van der Waals surface area contributed by atoms with E-state index in [2.05, 4.69) is 41.5 Å². The Morgan fingerprint density at radius 1 is 1.05 bits per heavy atom. The lowest BCUT2D eigenvalue weighted by Crippen LogP contribution is -2.64. The molecular formula is C33H58NO5+. The first-order valence-corrected chi connectivity index (χ1v) is 16.3. The van der Waals surface area contributed by atoms with E-state index in [4.69, 9.17) is 14.6 Å². The van der Waals surface area contributed by atoms with Crippen LogP contribution in [-0.4, -0.2) is 65.5 Å². The molecule has 0 bridgehead atoms. The summed E-state index contributed by atoms with van der Waals surface area (Å²) in [6, 6.07) is 0. The Kier molecular flexibility index (Phi) is 7.82. The summed E-state index contributed by atoms with van der Waals surface area (Å²) in [5, 5.41) is 19.4. The number of aliphatic carboxylic acids is 1. The van der Waals surface area contributed by atoms with Gasteiger partial charge in [0.15, 0.2) is 0 Å². The topological polar surface area (TPSA) is 79.3 Å². The van der Waals surface area contributed by atoms with Crippen LogP contribution in [0.4, 0.5) is 0 Å². The Morgan fingerprint density at radius 3 is 2.49 bits per heavy atom. The van der Waals surface area contributed by atoms with E-state index in [1.165, 1.54) is 58.4 Å². The maximum atomic E-state index is 11.0. The summed E-state index contributed by atoms with van der Waals surface area (Å²) in [6.07, 6.45) is 14.5. The number of ether oxygens (including phenoxy) is 2. The number of nitrogens with zero attached hydrogens (tertiary/aromatic N) is 1. The van der Waals surface area contributed by atoms with Crippen LogP contribution in [0.3, 0.4) is 0 Å². The van der Waals surface area contributed by atoms with E-state index in [-0.39, 0.29) is 30.2 Å². The highest BCUT2D eigenvalue weighted by Crippen LogP contribution is 2.78. The van der Waals surface area contributed by atoms with Crippen LogP contribution in [0.2, 0.25) is 0 Å². The van der Waals surface area contributed by atoms with Crippen LogP contribution in [0.1, 0.15) is 112 Å². The standard InChI is InChI=1S/C33H57NO5/c1-22(2)9-8-10-23(3)25-11-12-26-27-19-28-33(39-28)20-24(38-18-17-34(7,37)21-29(35)36)13-14-32(33,6)31(27,5)16-15-30(25,26)4/h22-28,37H,8-21H2,1-7H3/p+1/t23-,24+,25-,26+,27+,28?,30-,31+,32-,33?,34?/m1/s1. The van der Waals surface area contributed by atoms with Gasteiger partial charge in [-0.25, -0.2) is 10.0 Å². The SMILES string of the molecule is CC(C)CCC[C@@H](C)[C@H]1CC[C@H]2[C@@H]3CC4OC45C[C@@H](OCC[N+](C)(O)CC(=O)O)CC[C@]5(C)[C@@]3(C)CC[C@]12C. The van der Waals surface area contributed by atoms with Gasteiger partial charge in [-0.2, -0.15) is 4.65 Å². The molecule has 0 amide bonds. The van der Waals surface area contributed by atoms with Gasteiger partial charge in [0.25, 0.3) is 0 Å². The van der Waals surface area contributed by atoms with Crippen molar-refractivity contribution in [2.24, 2.45) is 45.8 Å². The second-order valence-electron chi connectivity index (χ2n) is 16.0. The zero-order valence-corrected chi connectivity index (χ0v) is 26.0. The van der Waals surface area contributed by atoms with Crippen molar-refractivity contribution in [2.75, 3.05) is 26.7 Å². The van der Waals surface area contributed by atoms with Crippen LogP contribution >= 0.6 is 0 Å². The van der Waals surface area contributed by atoms with E-state index in [0.717, 1.165) is 48.9 Å². The molecule has 3 unspecified atom stereocenters. The Bertz CT molecular complexity index is 922. The number of quaternary nitrogens is 1. The van der Waals surface area contributed by atoms with Crippen molar-refractivity contribution in [1.29, 1.82) is 0 Å². The van der Waals surface area contributed by atoms with Crippen LogP contribution in [0.15, 0.2) is 0 Å². The van der Waals surface area contributed by atoms with Gasteiger partial charge in [0.1, 0.15) is 12.1 Å². The minimum atomic E-state index is -0.996. The number of likely N-dealkylation sites (N-methyl/N-ethyl adjacent to an activating group) is 1. The minimum absolute atomic E-state index is 0.0600. The van der Waals surface area contributed by atoms with Gasteiger partial charge in [0.05, 0.1) is 25.9 Å². The van der Waals surface area contributed by atoms with Gasteiger partial charge < -0.3 is 14.6 Å². The Labute approximate surface area is 237 Å². The molecule has 224 valence electrons. The van der Waals surface area contributed by atoms with Crippen molar-refractivity contribution >= 4 is 5.97 Å². The molecule has 1 spiro atoms. The number of carbonyl (C=O) groups is 1. The molecule has 5 rings (SSSR count). The van der Waals surface area contributed by atoms with E-state index in [1.807, 2.05) is 0 Å². The fraction of sp³-hybridized carbons (Fsp3) is 0.970. The molecule has 39 heavy (non-hydrogen) atoms. The highest BCUT2D eigenvalue weighted by molar-refractivity contribution is 5.67. The van der Waals surface area contributed by atoms with Crippen LogP contribution < -0.4 is 0 Å². The highest BCUT2D eigenvalue weighted by atomic mass is 16.6. The molecule has 4 saturated carbocycles. The molecule has 5 fully saturated rings. The summed E-state index contributed by atoms with van der Waals surface area (Å²) >= 11 is 0. The second kappa shape index (κ2) is 10.2. The lowest BCUT2D eigenvalue weighted by Gasteiger charge is -2.65. The third kappa shape index (κ3) is 4.91. The predicted octanol–water partition coefficient (Wildman–Crippen LogP) is 6.93. The molecule has 2 N–H and O–H groups in total. The van der Waals surface area contributed by atoms with E-state index in [1.54, 1.807) is 0 Å². The Hall–Kier alpha value is -0.690. The van der Waals surface area contributed by atoms with Crippen molar-refractivity contribution in [3.05, 3.63) is 0 Å². The van der Waals surface area contributed by atoms with Gasteiger partial charge in [-0.3, -0.25) is 0 Å². The maximum Gasteiger partial charge on any atom is 0.362 e. The largest absolute Gasteiger partial charge is 0.477 e. The van der Waals surface area contributed by atoms with Gasteiger partial charge >= 0.3 is 5.97 Å². The van der Waals surface area contributed by atoms with E-state index >= 15 is 0 Å². The molecule has 0 aromatic rings. The third-order valence-corrected chi connectivity index (χ3v) is 13.5. The lowest BCUT2D eigenvalue weighted by molar-refractivity contribution is -1.08. The first-order chi connectivity index (χ1) is 18.2. The Morgan fingerprint density at radius 2 is 1.79 bits per heavy atom. The average molecular weight is 549 g/mol. The molecule has 0 aromatic heterocycles. The van der Waals surface area contributed by atoms with Crippen molar-refractivity contribution in [3.63, 3.8) is 0 Å². The minimum Gasteiger partial charge on any atom is -0.477 e. The summed E-state index contributed by atoms with van der Waals surface area (Å²) in [7, 11) is 1.53. The zero-order valence-electron chi connectivity index (χ0n) is 26.0. The molecule has 6 heteroatoms. The normalized spacial score (nSPS) is 46.9. The smallest absolute Gasteiger partial charge is 0.362 e. The zero-order chi connectivity index (χ0) is 28.4. The number of hydroxylamine groups is 3. The number of epoxide rings is 1. The van der Waals surface area contributed by atoms with E-state index in [0.29, 0.717) is 23.5 Å². The number of carboxylic acid groups (broad SMARTS) is 1. The summed E-state index contributed by atoms with van der Waals surface area (Å²) in [5.41, 5.74) is 0.918. The van der Waals surface area contributed by atoms with Gasteiger partial charge in [0, 0.05) is 11.8 Å². The summed E-state index contributed by atoms with van der Waals surface area (Å²) in [5.74, 6) is 3.12. The van der Waals surface area contributed by atoms with Crippen LogP contribution in [0.5, 0.6) is 0 Å². The van der Waals surface area contributed by atoms with Crippen molar-refractivity contribution in [3.8, 4) is 0 Å². The molecular weight excluding hydrogens is 490 g/mol. The molecule has 5 aliphatic rings. The van der Waals surface area contributed by atoms with E-state index < -0.39 is 10.6 Å². The van der Waals surface area contributed by atoms with Crippen molar-refractivity contribution < 1.29 is 29.2 Å². The van der Waals surface area contributed by atoms with Crippen LogP contribution in [0.25, 0.3) is 0 Å². The molecule has 11 atom stereocenters. The van der Waals surface area contributed by atoms with Gasteiger partial charge in [0.2, 0.25) is 6.54 Å². The van der Waals surface area contributed by atoms with Crippen LogP contribution in [0, 0.1) is 45.8 Å². The molecule has 1 heterocycles. The predicted molar refractivity (Wildman–Crippen MR) is 152 cm³/mol. The quantitative estimate of drug-likeness (QED) is 0.166. The third-order valence-electron chi connectivity index (χ3n) is 13.5. The fourth-order valence-corrected chi connectivity index (χ4v) is 11.0. The average Bonchev–Trinajstić information content (AvgIpc) is 3.40. The number of hydrogen-bond acceptors (Lipinski definition) is 4. The second-order valence-corrected chi connectivity index (χ2v) is 16.0. The van der Waals surface area contributed by atoms with Crippen LogP contribution in [-0.2, 0) is 14.3 Å². The van der Waals surface area contributed by atoms with Gasteiger partial charge in [-0.1, -0.05) is 60.8 Å². The number of hydrogen-bond donors (Lipinski definition) is 2. The fourth-order valence-electron chi connectivity index (χ4n) is 11.0. The maximum absolute atomic E-state index is 11.0. The summed E-state index contributed by atoms with van der Waals surface area (Å²) < 4.78 is 12.5. The lowest BCUT2D eigenvalue weighted by atomic mass is 9.38. The first-order valence-electron chi connectivity index (χ1n) is 16.3. The molecule has 0 aromatic carbocycles. The Balaban J connectivity index is 1.25. The highest BCUT2D eigenvalue weighted by Gasteiger charge is 2.79. The summed E-state index contributed by atoms with van der Waals surface area (Å²) in [6.45, 7) is 15.5. The molecule has 4 aliphatic carbocycles. The first kappa shape index (κ1) is 29.8. The van der Waals surface area contributed by atoms with Gasteiger partial charge in [-0.05, 0) is 85.4 Å². The molecule has 6 nitrogen and oxygen atoms in total. The number of rotatable bonds is 11. The molecule has 0 radical (unpaired) electrons. The van der Waals surface area contributed by atoms with E-state index in [9.17, 15) is 10.0 Å². The van der Waals surface area contributed by atoms with Crippen molar-refractivity contribution in [2.45, 2.75) is 130 Å². The number of carboxylic acids is 1. The van der Waals surface area contributed by atoms with Gasteiger partial charge in [-0.15, -0.1) is 0 Å². The van der Waals surface area contributed by atoms with Crippen molar-refractivity contribution in [1.82, 2.24) is 0 Å². The monoisotopic (exact) mass is 548 g/mol. The molecule has 1 aliphatic heterocycles.